The van der Waals surface area contributed by atoms with E-state index in [0.717, 1.165) is 31.3 Å². The van der Waals surface area contributed by atoms with Gasteiger partial charge in [0.25, 0.3) is 11.6 Å². The van der Waals surface area contributed by atoms with Crippen molar-refractivity contribution in [3.05, 3.63) is 58.8 Å². The molecule has 0 unspecified atom stereocenters. The minimum Gasteiger partial charge on any atom is -0.345 e. The number of benzene rings is 1. The number of rotatable bonds is 4. The van der Waals surface area contributed by atoms with Gasteiger partial charge in [-0.15, -0.1) is 10.2 Å². The van der Waals surface area contributed by atoms with Gasteiger partial charge < -0.3 is 14.4 Å². The Morgan fingerprint density at radius 2 is 2.06 bits per heavy atom. The first-order valence-electron chi connectivity index (χ1n) is 9.95. The Bertz CT molecular complexity index is 1340. The number of nitrogens with zero attached hydrogens (tertiary/aromatic N) is 5. The average molecular weight is 442 g/mol. The maximum atomic E-state index is 13.5. The van der Waals surface area contributed by atoms with Gasteiger partial charge in [-0.05, 0) is 25.5 Å². The maximum absolute atomic E-state index is 13.5. The third-order valence-electron chi connectivity index (χ3n) is 5.46. The number of hydrogen-bond acceptors (Lipinski definition) is 6. The summed E-state index contributed by atoms with van der Waals surface area (Å²) in [5.41, 5.74) is -0.507. The van der Waals surface area contributed by atoms with E-state index in [1.54, 1.807) is 6.92 Å². The van der Waals surface area contributed by atoms with E-state index < -0.39 is 17.6 Å². The molecule has 8 nitrogen and oxygen atoms in total. The van der Waals surface area contributed by atoms with E-state index >= 15 is 0 Å². The summed E-state index contributed by atoms with van der Waals surface area (Å²) in [6.07, 6.45) is -2.77. The van der Waals surface area contributed by atoms with Crippen molar-refractivity contribution in [1.82, 2.24) is 30.2 Å². The molecule has 0 saturated carbocycles. The van der Waals surface area contributed by atoms with Gasteiger partial charge in [0.05, 0.1) is 34.4 Å². The fourth-order valence-corrected chi connectivity index (χ4v) is 3.96. The van der Waals surface area contributed by atoms with Crippen LogP contribution in [-0.2, 0) is 25.7 Å². The second-order valence-corrected chi connectivity index (χ2v) is 7.52. The van der Waals surface area contributed by atoms with Crippen molar-refractivity contribution in [3.8, 4) is 11.3 Å². The molecule has 0 saturated heterocycles. The molecule has 11 heteroatoms. The second-order valence-electron chi connectivity index (χ2n) is 7.52. The van der Waals surface area contributed by atoms with E-state index in [4.69, 9.17) is 4.52 Å². The molecule has 164 valence electrons. The van der Waals surface area contributed by atoms with Gasteiger partial charge in [0.15, 0.2) is 5.82 Å². The van der Waals surface area contributed by atoms with Crippen molar-refractivity contribution < 1.29 is 22.5 Å². The number of hydrogen-bond donors (Lipinski definition) is 1. The average Bonchev–Trinajstić information content (AvgIpc) is 3.48. The van der Waals surface area contributed by atoms with Crippen LogP contribution < -0.4 is 5.32 Å². The Morgan fingerprint density at radius 3 is 2.88 bits per heavy atom. The molecule has 0 fully saturated rings. The Balaban J connectivity index is 1.54. The van der Waals surface area contributed by atoms with Gasteiger partial charge in [-0.1, -0.05) is 23.4 Å². The lowest BCUT2D eigenvalue weighted by molar-refractivity contribution is -0.137. The van der Waals surface area contributed by atoms with Crippen LogP contribution in [0, 0.1) is 6.92 Å². The highest BCUT2D eigenvalue weighted by Crippen LogP contribution is 2.37. The third-order valence-corrected chi connectivity index (χ3v) is 5.46. The molecule has 0 atom stereocenters. The fourth-order valence-electron chi connectivity index (χ4n) is 3.96. The molecule has 0 aliphatic carbocycles. The number of carbonyl (C=O) groups is 1. The molecule has 1 aromatic carbocycles. The van der Waals surface area contributed by atoms with Crippen molar-refractivity contribution in [2.75, 3.05) is 0 Å². The quantitative estimate of drug-likeness (QED) is 0.518. The summed E-state index contributed by atoms with van der Waals surface area (Å²) in [6, 6.07) is 6.39. The van der Waals surface area contributed by atoms with Crippen LogP contribution >= 0.6 is 0 Å². The summed E-state index contributed by atoms with van der Waals surface area (Å²) in [5, 5.41) is 15.2. The number of amides is 1. The predicted molar refractivity (Wildman–Crippen MR) is 106 cm³/mol. The minimum absolute atomic E-state index is 0.00880. The largest absolute Gasteiger partial charge is 0.417 e. The van der Waals surface area contributed by atoms with Crippen LogP contribution in [0.2, 0.25) is 0 Å². The first-order chi connectivity index (χ1) is 15.3. The SMILES string of the molecule is Cc1noc2nc(-c3ccccc3C(F)(F)F)cc(C(=O)NCc3nnc4n3CCC4)c12. The Kier molecular flexibility index (Phi) is 4.68. The summed E-state index contributed by atoms with van der Waals surface area (Å²) in [7, 11) is 0. The van der Waals surface area contributed by atoms with E-state index in [0.29, 0.717) is 16.9 Å². The van der Waals surface area contributed by atoms with Crippen molar-refractivity contribution in [3.63, 3.8) is 0 Å². The highest BCUT2D eigenvalue weighted by molar-refractivity contribution is 6.07. The zero-order valence-corrected chi connectivity index (χ0v) is 16.9. The molecule has 0 bridgehead atoms. The van der Waals surface area contributed by atoms with Crippen LogP contribution in [0.15, 0.2) is 34.9 Å². The van der Waals surface area contributed by atoms with E-state index in [2.05, 4.69) is 25.7 Å². The molecule has 1 N–H and O–H groups in total. The minimum atomic E-state index is -4.58. The summed E-state index contributed by atoms with van der Waals surface area (Å²) in [4.78, 5) is 17.3. The van der Waals surface area contributed by atoms with Gasteiger partial charge in [0, 0.05) is 18.5 Å². The standard InChI is InChI=1S/C21H17F3N6O2/c1-11-18-13(19(31)25-10-17-28-27-16-7-4-8-30(16)17)9-15(26-20(18)32-29-11)12-5-2-3-6-14(12)21(22,23)24/h2-3,5-6,9H,4,7-8,10H2,1H3,(H,25,31). The summed E-state index contributed by atoms with van der Waals surface area (Å²) >= 11 is 0. The predicted octanol–water partition coefficient (Wildman–Crippen LogP) is 3.68. The number of pyridine rings is 1. The van der Waals surface area contributed by atoms with E-state index in [1.165, 1.54) is 24.3 Å². The van der Waals surface area contributed by atoms with Crippen molar-refractivity contribution in [2.45, 2.75) is 39.0 Å². The third kappa shape index (κ3) is 3.39. The molecule has 4 aromatic rings. The maximum Gasteiger partial charge on any atom is 0.417 e. The van der Waals surface area contributed by atoms with Gasteiger partial charge in [0.1, 0.15) is 5.82 Å². The van der Waals surface area contributed by atoms with E-state index in [1.807, 2.05) is 4.57 Å². The first-order valence-corrected chi connectivity index (χ1v) is 9.95. The second kappa shape index (κ2) is 7.43. The van der Waals surface area contributed by atoms with Crippen molar-refractivity contribution in [1.29, 1.82) is 0 Å². The Hall–Kier alpha value is -3.76. The van der Waals surface area contributed by atoms with Crippen LogP contribution in [-0.4, -0.2) is 30.8 Å². The number of nitrogens with one attached hydrogen (secondary N) is 1. The topological polar surface area (TPSA) is 98.7 Å². The van der Waals surface area contributed by atoms with Crippen LogP contribution in [0.1, 0.15) is 39.7 Å². The van der Waals surface area contributed by atoms with Crippen LogP contribution in [0.3, 0.4) is 0 Å². The lowest BCUT2D eigenvalue weighted by Gasteiger charge is -2.13. The Morgan fingerprint density at radius 1 is 1.25 bits per heavy atom. The van der Waals surface area contributed by atoms with Gasteiger partial charge in [-0.3, -0.25) is 4.79 Å². The highest BCUT2D eigenvalue weighted by Gasteiger charge is 2.34. The number of fused-ring (bicyclic) bond motifs is 2. The molecule has 4 heterocycles. The molecular formula is C21H17F3N6O2. The van der Waals surface area contributed by atoms with Gasteiger partial charge in [-0.2, -0.15) is 13.2 Å². The molecular weight excluding hydrogens is 425 g/mol. The molecule has 1 aliphatic heterocycles. The van der Waals surface area contributed by atoms with Gasteiger partial charge in [-0.25, -0.2) is 4.98 Å². The van der Waals surface area contributed by atoms with Crippen LogP contribution in [0.5, 0.6) is 0 Å². The number of aryl methyl sites for hydroxylation is 2. The normalized spacial score (nSPS) is 13.5. The molecule has 0 spiro atoms. The number of aromatic nitrogens is 5. The fraction of sp³-hybridized carbons (Fsp3) is 0.286. The molecule has 32 heavy (non-hydrogen) atoms. The summed E-state index contributed by atoms with van der Waals surface area (Å²) in [5.74, 6) is 1.01. The van der Waals surface area contributed by atoms with Crippen molar-refractivity contribution in [2.24, 2.45) is 0 Å². The van der Waals surface area contributed by atoms with Gasteiger partial charge in [0.2, 0.25) is 0 Å². The van der Waals surface area contributed by atoms with E-state index in [9.17, 15) is 18.0 Å². The molecule has 3 aromatic heterocycles. The Labute approximate surface area is 179 Å². The smallest absolute Gasteiger partial charge is 0.345 e. The summed E-state index contributed by atoms with van der Waals surface area (Å²) in [6.45, 7) is 2.56. The first kappa shape index (κ1) is 20.2. The molecule has 5 rings (SSSR count). The molecule has 1 amide bonds. The number of alkyl halides is 3. The molecule has 0 radical (unpaired) electrons. The van der Waals surface area contributed by atoms with Gasteiger partial charge >= 0.3 is 6.18 Å². The lowest BCUT2D eigenvalue weighted by Crippen LogP contribution is -2.25. The number of carbonyl (C=O) groups excluding carboxylic acids is 1. The zero-order chi connectivity index (χ0) is 22.5. The lowest BCUT2D eigenvalue weighted by atomic mass is 10.0. The van der Waals surface area contributed by atoms with E-state index in [-0.39, 0.29) is 29.1 Å². The van der Waals surface area contributed by atoms with Crippen LogP contribution in [0.4, 0.5) is 13.2 Å². The van der Waals surface area contributed by atoms with Crippen LogP contribution in [0.25, 0.3) is 22.4 Å². The molecule has 1 aliphatic rings. The number of halogens is 3. The highest BCUT2D eigenvalue weighted by atomic mass is 19.4. The van der Waals surface area contributed by atoms with Crippen molar-refractivity contribution >= 4 is 17.0 Å². The monoisotopic (exact) mass is 442 g/mol. The summed E-state index contributed by atoms with van der Waals surface area (Å²) < 4.78 is 47.8. The zero-order valence-electron chi connectivity index (χ0n) is 16.9.